The summed E-state index contributed by atoms with van der Waals surface area (Å²) in [5.74, 6) is 1.35. The molecule has 0 N–H and O–H groups in total. The molecule has 5 rings (SSSR count). The summed E-state index contributed by atoms with van der Waals surface area (Å²) < 4.78 is 6.67. The number of hydrogen-bond donors (Lipinski definition) is 0. The third-order valence-corrected chi connectivity index (χ3v) is 6.16. The summed E-state index contributed by atoms with van der Waals surface area (Å²) in [7, 11) is 0. The van der Waals surface area contributed by atoms with E-state index in [0.29, 0.717) is 0 Å². The standard InChI is InChI=1S/C28H27O.W/c1-16(2)22-15-23-21-14-13-19-12-11-18-9-7-8-10-20(18)24(19)27(21)29-26(23)17(3)25(22)28(4,5)6;/h7-15H,1-6H3;/q-1;. The molecule has 0 aliphatic heterocycles. The Balaban J connectivity index is 0.00000218. The maximum atomic E-state index is 6.67. The topological polar surface area (TPSA) is 13.1 Å². The van der Waals surface area contributed by atoms with E-state index in [0.717, 1.165) is 11.2 Å². The third-order valence-electron chi connectivity index (χ3n) is 6.16. The maximum Gasteiger partial charge on any atom is 0.142 e. The van der Waals surface area contributed by atoms with Crippen LogP contribution in [0, 0.1) is 12.8 Å². The Morgan fingerprint density at radius 1 is 0.767 bits per heavy atom. The molecule has 5 aromatic rings. The molecular formula is C28H27OW-. The fraction of sp³-hybridized carbons (Fsp3) is 0.250. The average Bonchev–Trinajstić information content (AvgIpc) is 3.05. The third kappa shape index (κ3) is 2.98. The van der Waals surface area contributed by atoms with E-state index in [2.05, 4.69) is 96.1 Å². The second-order valence-corrected chi connectivity index (χ2v) is 9.48. The molecule has 0 saturated heterocycles. The molecule has 0 saturated carbocycles. The average molecular weight is 563 g/mol. The van der Waals surface area contributed by atoms with Crippen molar-refractivity contribution in [2.75, 3.05) is 0 Å². The molecule has 1 heterocycles. The first kappa shape index (κ1) is 21.0. The Morgan fingerprint density at radius 3 is 2.13 bits per heavy atom. The van der Waals surface area contributed by atoms with E-state index in [1.54, 1.807) is 0 Å². The molecule has 2 heteroatoms. The molecule has 0 radical (unpaired) electrons. The van der Waals surface area contributed by atoms with Crippen molar-refractivity contribution in [2.45, 2.75) is 47.0 Å². The Bertz CT molecular complexity index is 1410. The van der Waals surface area contributed by atoms with Crippen molar-refractivity contribution >= 4 is 43.5 Å². The van der Waals surface area contributed by atoms with Gasteiger partial charge in [0.15, 0.2) is 0 Å². The van der Waals surface area contributed by atoms with E-state index < -0.39 is 0 Å². The molecule has 1 aromatic heterocycles. The maximum absolute atomic E-state index is 6.67. The first-order valence-corrected chi connectivity index (χ1v) is 10.4. The van der Waals surface area contributed by atoms with Crippen molar-refractivity contribution in [3.8, 4) is 0 Å². The van der Waals surface area contributed by atoms with Gasteiger partial charge in [0, 0.05) is 31.8 Å². The molecule has 0 unspecified atom stereocenters. The van der Waals surface area contributed by atoms with Crippen LogP contribution in [0.3, 0.4) is 0 Å². The van der Waals surface area contributed by atoms with Gasteiger partial charge in [-0.2, -0.15) is 17.5 Å². The van der Waals surface area contributed by atoms with Crippen LogP contribution < -0.4 is 0 Å². The SMILES string of the molecule is Cc1c(C(C)(C)C)c([C-](C)C)cc2c1oc1c2ccc2ccc3ccccc3c21.[W]. The van der Waals surface area contributed by atoms with Gasteiger partial charge >= 0.3 is 0 Å². The molecule has 0 fully saturated rings. The second-order valence-electron chi connectivity index (χ2n) is 9.48. The molecule has 1 nitrogen and oxygen atoms in total. The Hall–Kier alpha value is -2.24. The largest absolute Gasteiger partial charge is 0.457 e. The van der Waals surface area contributed by atoms with Gasteiger partial charge in [0.25, 0.3) is 0 Å². The molecule has 0 spiro atoms. The van der Waals surface area contributed by atoms with Crippen LogP contribution in [0.15, 0.2) is 59.0 Å². The zero-order chi connectivity index (χ0) is 20.5. The van der Waals surface area contributed by atoms with Gasteiger partial charge in [0.2, 0.25) is 0 Å². The van der Waals surface area contributed by atoms with Gasteiger partial charge in [-0.3, -0.25) is 0 Å². The van der Waals surface area contributed by atoms with Crippen LogP contribution in [0.4, 0.5) is 0 Å². The monoisotopic (exact) mass is 563 g/mol. The molecule has 4 aromatic carbocycles. The number of aryl methyl sites for hydroxylation is 1. The van der Waals surface area contributed by atoms with Crippen molar-refractivity contribution in [2.24, 2.45) is 0 Å². The van der Waals surface area contributed by atoms with Gasteiger partial charge in [-0.05, 0) is 28.5 Å². The van der Waals surface area contributed by atoms with Gasteiger partial charge < -0.3 is 4.42 Å². The van der Waals surface area contributed by atoms with Crippen LogP contribution in [0.5, 0.6) is 0 Å². The van der Waals surface area contributed by atoms with Crippen LogP contribution in [0.25, 0.3) is 43.5 Å². The van der Waals surface area contributed by atoms with Crippen LogP contribution in [-0.4, -0.2) is 0 Å². The Morgan fingerprint density at radius 2 is 1.43 bits per heavy atom. The summed E-state index contributed by atoms with van der Waals surface area (Å²) in [5, 5.41) is 7.36. The summed E-state index contributed by atoms with van der Waals surface area (Å²) in [6, 6.07) is 19.8. The molecule has 0 bridgehead atoms. The van der Waals surface area contributed by atoms with Crippen LogP contribution in [0.2, 0.25) is 0 Å². The van der Waals surface area contributed by atoms with Crippen LogP contribution in [-0.2, 0) is 26.5 Å². The van der Waals surface area contributed by atoms with Gasteiger partial charge in [-0.25, -0.2) is 0 Å². The molecule has 0 atom stereocenters. The first-order valence-electron chi connectivity index (χ1n) is 10.4. The predicted octanol–water partition coefficient (Wildman–Crippen LogP) is 8.46. The van der Waals surface area contributed by atoms with E-state index in [4.69, 9.17) is 4.42 Å². The zero-order valence-electron chi connectivity index (χ0n) is 18.5. The zero-order valence-corrected chi connectivity index (χ0v) is 21.4. The van der Waals surface area contributed by atoms with E-state index in [1.807, 2.05) is 0 Å². The minimum atomic E-state index is 0. The minimum Gasteiger partial charge on any atom is -0.457 e. The Kier molecular flexibility index (Phi) is 5.02. The summed E-state index contributed by atoms with van der Waals surface area (Å²) in [5.41, 5.74) is 6.08. The normalized spacial score (nSPS) is 12.1. The van der Waals surface area contributed by atoms with Crippen molar-refractivity contribution in [3.05, 3.63) is 77.2 Å². The van der Waals surface area contributed by atoms with E-state index >= 15 is 0 Å². The van der Waals surface area contributed by atoms with Crippen molar-refractivity contribution in [1.82, 2.24) is 0 Å². The van der Waals surface area contributed by atoms with Gasteiger partial charge in [0.05, 0.1) is 0 Å². The quantitative estimate of drug-likeness (QED) is 0.147. The molecular weight excluding hydrogens is 536 g/mol. The minimum absolute atomic E-state index is 0. The predicted molar refractivity (Wildman–Crippen MR) is 126 cm³/mol. The summed E-state index contributed by atoms with van der Waals surface area (Å²) in [6.07, 6.45) is 0. The number of fused-ring (bicyclic) bond motifs is 7. The molecule has 30 heavy (non-hydrogen) atoms. The molecule has 152 valence electrons. The molecule has 0 amide bonds. The fourth-order valence-electron chi connectivity index (χ4n) is 4.98. The molecule has 0 aliphatic carbocycles. The van der Waals surface area contributed by atoms with Crippen molar-refractivity contribution < 1.29 is 25.5 Å². The summed E-state index contributed by atoms with van der Waals surface area (Å²) >= 11 is 0. The first-order chi connectivity index (χ1) is 13.8. The number of furan rings is 1. The second kappa shape index (κ2) is 7.17. The fourth-order valence-corrected chi connectivity index (χ4v) is 4.98. The Labute approximate surface area is 192 Å². The smallest absolute Gasteiger partial charge is 0.142 e. The van der Waals surface area contributed by atoms with Crippen LogP contribution in [0.1, 0.15) is 51.3 Å². The number of rotatable bonds is 1. The van der Waals surface area contributed by atoms with Crippen LogP contribution >= 0.6 is 0 Å². The number of hydrogen-bond acceptors (Lipinski definition) is 1. The summed E-state index contributed by atoms with van der Waals surface area (Å²) in [4.78, 5) is 0. The van der Waals surface area contributed by atoms with Crippen molar-refractivity contribution in [3.63, 3.8) is 0 Å². The van der Waals surface area contributed by atoms with Gasteiger partial charge in [-0.15, -0.1) is 5.56 Å². The van der Waals surface area contributed by atoms with E-state index in [9.17, 15) is 0 Å². The summed E-state index contributed by atoms with van der Waals surface area (Å²) in [6.45, 7) is 13.5. The molecule has 0 aliphatic rings. The van der Waals surface area contributed by atoms with E-state index in [1.165, 1.54) is 54.9 Å². The van der Waals surface area contributed by atoms with Crippen molar-refractivity contribution in [1.29, 1.82) is 0 Å². The van der Waals surface area contributed by atoms with E-state index in [-0.39, 0.29) is 26.5 Å². The van der Waals surface area contributed by atoms with Gasteiger partial charge in [0.1, 0.15) is 11.2 Å². The van der Waals surface area contributed by atoms with Gasteiger partial charge in [-0.1, -0.05) is 94.1 Å². The number of benzene rings is 4.